The molecule has 0 saturated heterocycles. The van der Waals surface area contributed by atoms with Crippen LogP contribution >= 0.6 is 0 Å². The van der Waals surface area contributed by atoms with E-state index in [1.807, 2.05) is 6.08 Å². The average Bonchev–Trinajstić information content (AvgIpc) is 2.67. The summed E-state index contributed by atoms with van der Waals surface area (Å²) in [7, 11) is 0. The van der Waals surface area contributed by atoms with Crippen molar-refractivity contribution in [1.82, 2.24) is 5.01 Å². The van der Waals surface area contributed by atoms with E-state index in [0.717, 1.165) is 48.8 Å². The summed E-state index contributed by atoms with van der Waals surface area (Å²) in [5, 5.41) is 5.89. The SMILES string of the molecule is CC1=NN2C(=O)CC(C34CC5CC(CC(C5)C3)C4)=NC2C=C1c1ccc(F)cc1F. The Balaban J connectivity index is 1.39. The number of rotatable bonds is 2. The molecule has 1 amide bonds. The first-order valence-corrected chi connectivity index (χ1v) is 11.0. The van der Waals surface area contributed by atoms with E-state index in [1.165, 1.54) is 36.4 Å². The minimum atomic E-state index is -0.628. The number of aliphatic imine (C=N–C) groups is 1. The highest BCUT2D eigenvalue weighted by atomic mass is 19.1. The van der Waals surface area contributed by atoms with Crippen LogP contribution < -0.4 is 0 Å². The molecule has 1 unspecified atom stereocenters. The summed E-state index contributed by atoms with van der Waals surface area (Å²) in [6, 6.07) is 3.56. The lowest BCUT2D eigenvalue weighted by Gasteiger charge is -2.57. The molecule has 2 aliphatic heterocycles. The van der Waals surface area contributed by atoms with Crippen LogP contribution in [0.15, 0.2) is 34.4 Å². The monoisotopic (exact) mass is 409 g/mol. The van der Waals surface area contributed by atoms with Gasteiger partial charge in [-0.3, -0.25) is 9.79 Å². The smallest absolute Gasteiger partial charge is 0.250 e. The molecule has 1 aromatic rings. The maximum atomic E-state index is 14.4. The van der Waals surface area contributed by atoms with Crippen molar-refractivity contribution in [2.24, 2.45) is 33.3 Å². The molecule has 0 radical (unpaired) electrons. The molecular weight excluding hydrogens is 384 g/mol. The number of fused-ring (bicyclic) bond motifs is 1. The zero-order valence-electron chi connectivity index (χ0n) is 17.1. The molecule has 156 valence electrons. The Labute approximate surface area is 174 Å². The molecular formula is C24H25F2N3O. The van der Waals surface area contributed by atoms with Gasteiger partial charge in [0.1, 0.15) is 11.6 Å². The van der Waals surface area contributed by atoms with Gasteiger partial charge in [0.15, 0.2) is 6.17 Å². The molecule has 1 aromatic carbocycles. The summed E-state index contributed by atoms with van der Waals surface area (Å²) in [6.45, 7) is 1.75. The Hall–Kier alpha value is -2.37. The largest absolute Gasteiger partial charge is 0.272 e. The van der Waals surface area contributed by atoms with Crippen molar-refractivity contribution < 1.29 is 13.6 Å². The van der Waals surface area contributed by atoms with E-state index in [-0.39, 0.29) is 11.3 Å². The number of carbonyl (C=O) groups excluding carboxylic acids is 1. The molecule has 4 fully saturated rings. The zero-order chi connectivity index (χ0) is 20.6. The van der Waals surface area contributed by atoms with E-state index in [9.17, 15) is 13.6 Å². The maximum Gasteiger partial charge on any atom is 0.250 e. The fourth-order valence-electron chi connectivity index (χ4n) is 7.12. The lowest BCUT2D eigenvalue weighted by Crippen LogP contribution is -2.53. The van der Waals surface area contributed by atoms with Gasteiger partial charge in [0, 0.05) is 28.3 Å². The number of hydrogen-bond donors (Lipinski definition) is 0. The third-order valence-electron chi connectivity index (χ3n) is 7.95. The maximum absolute atomic E-state index is 14.4. The van der Waals surface area contributed by atoms with Crippen LogP contribution in [0.25, 0.3) is 5.57 Å². The van der Waals surface area contributed by atoms with Crippen molar-refractivity contribution in [3.63, 3.8) is 0 Å². The molecule has 0 N–H and O–H groups in total. The molecule has 0 aromatic heterocycles. The molecule has 1 atom stereocenters. The summed E-state index contributed by atoms with van der Waals surface area (Å²) in [4.78, 5) is 18.1. The Bertz CT molecular complexity index is 1010. The van der Waals surface area contributed by atoms with Gasteiger partial charge in [-0.1, -0.05) is 0 Å². The van der Waals surface area contributed by atoms with Gasteiger partial charge < -0.3 is 0 Å². The standard InChI is InChI=1S/C24H25F2N3O/c1-13-19(18-3-2-17(25)7-20(18)26)8-22-27-21(9-23(30)29(22)28-13)24-10-14-4-15(11-24)6-16(5-14)12-24/h2-3,7-8,14-16,22H,4-6,9-12H2,1H3. The van der Waals surface area contributed by atoms with E-state index in [4.69, 9.17) is 4.99 Å². The van der Waals surface area contributed by atoms with Crippen molar-refractivity contribution in [2.75, 3.05) is 0 Å². The molecule has 0 spiro atoms. The first kappa shape index (κ1) is 18.4. The first-order valence-electron chi connectivity index (χ1n) is 11.0. The van der Waals surface area contributed by atoms with Crippen LogP contribution in [0.2, 0.25) is 0 Å². The van der Waals surface area contributed by atoms with E-state index < -0.39 is 17.8 Å². The van der Waals surface area contributed by atoms with Crippen LogP contribution in [-0.2, 0) is 4.79 Å². The second kappa shape index (κ2) is 6.32. The van der Waals surface area contributed by atoms with Gasteiger partial charge in [0.2, 0.25) is 0 Å². The minimum absolute atomic E-state index is 0.0324. The highest BCUT2D eigenvalue weighted by Crippen LogP contribution is 2.61. The summed E-state index contributed by atoms with van der Waals surface area (Å²) in [5.74, 6) is 1.06. The highest BCUT2D eigenvalue weighted by molar-refractivity contribution is 6.24. The van der Waals surface area contributed by atoms with Crippen molar-refractivity contribution in [2.45, 2.75) is 58.0 Å². The Kier molecular flexibility index (Phi) is 3.87. The summed E-state index contributed by atoms with van der Waals surface area (Å²) in [6.07, 6.45) is 9.10. The van der Waals surface area contributed by atoms with E-state index >= 15 is 0 Å². The summed E-state index contributed by atoms with van der Waals surface area (Å²) < 4.78 is 27.8. The number of hydrazone groups is 1. The van der Waals surface area contributed by atoms with E-state index in [1.54, 1.807) is 6.92 Å². The molecule has 30 heavy (non-hydrogen) atoms. The Morgan fingerprint density at radius 3 is 2.37 bits per heavy atom. The van der Waals surface area contributed by atoms with Crippen molar-refractivity contribution in [3.8, 4) is 0 Å². The predicted octanol–water partition coefficient (Wildman–Crippen LogP) is 4.95. The molecule has 4 bridgehead atoms. The molecule has 6 heteroatoms. The fraction of sp³-hybridized carbons (Fsp3) is 0.542. The Morgan fingerprint density at radius 2 is 1.73 bits per heavy atom. The Morgan fingerprint density at radius 1 is 1.07 bits per heavy atom. The molecule has 2 heterocycles. The molecule has 4 nitrogen and oxygen atoms in total. The number of carbonyl (C=O) groups is 1. The van der Waals surface area contributed by atoms with Gasteiger partial charge in [-0.05, 0) is 81.4 Å². The fourth-order valence-corrected chi connectivity index (χ4v) is 7.12. The predicted molar refractivity (Wildman–Crippen MR) is 111 cm³/mol. The average molecular weight is 409 g/mol. The van der Waals surface area contributed by atoms with Gasteiger partial charge in [-0.2, -0.15) is 5.10 Å². The number of allylic oxidation sites excluding steroid dienone is 1. The molecule has 4 aliphatic carbocycles. The number of benzene rings is 1. The third-order valence-corrected chi connectivity index (χ3v) is 7.95. The van der Waals surface area contributed by atoms with Crippen molar-refractivity contribution >= 4 is 22.9 Å². The van der Waals surface area contributed by atoms with Crippen LogP contribution in [0.3, 0.4) is 0 Å². The number of halogens is 2. The minimum Gasteiger partial charge on any atom is -0.272 e. The third kappa shape index (κ3) is 2.72. The summed E-state index contributed by atoms with van der Waals surface area (Å²) in [5.41, 5.74) is 2.53. The molecule has 4 saturated carbocycles. The van der Waals surface area contributed by atoms with Crippen LogP contribution in [0.4, 0.5) is 8.78 Å². The van der Waals surface area contributed by atoms with Gasteiger partial charge in [0.25, 0.3) is 5.91 Å². The topological polar surface area (TPSA) is 45.0 Å². The van der Waals surface area contributed by atoms with E-state index in [0.29, 0.717) is 23.3 Å². The van der Waals surface area contributed by atoms with Crippen molar-refractivity contribution in [3.05, 3.63) is 41.5 Å². The summed E-state index contributed by atoms with van der Waals surface area (Å²) >= 11 is 0. The number of hydrogen-bond acceptors (Lipinski definition) is 3. The first-order chi connectivity index (χ1) is 14.4. The van der Waals surface area contributed by atoms with Crippen LogP contribution in [0.1, 0.15) is 57.4 Å². The lowest BCUT2D eigenvalue weighted by atomic mass is 9.48. The van der Waals surface area contributed by atoms with Gasteiger partial charge in [-0.25, -0.2) is 13.8 Å². The second-order valence-corrected chi connectivity index (χ2v) is 9.99. The van der Waals surface area contributed by atoms with Gasteiger partial charge >= 0.3 is 0 Å². The van der Waals surface area contributed by atoms with Crippen LogP contribution in [-0.4, -0.2) is 28.5 Å². The molecule has 6 aliphatic rings. The van der Waals surface area contributed by atoms with Crippen molar-refractivity contribution in [1.29, 1.82) is 0 Å². The zero-order valence-corrected chi connectivity index (χ0v) is 17.1. The van der Waals surface area contributed by atoms with Gasteiger partial charge in [-0.15, -0.1) is 0 Å². The van der Waals surface area contributed by atoms with E-state index in [2.05, 4.69) is 5.10 Å². The quantitative estimate of drug-likeness (QED) is 0.681. The second-order valence-electron chi connectivity index (χ2n) is 9.99. The van der Waals surface area contributed by atoms with Gasteiger partial charge in [0.05, 0.1) is 12.1 Å². The molecule has 7 rings (SSSR count). The lowest BCUT2D eigenvalue weighted by molar-refractivity contribution is -0.132. The normalized spacial score (nSPS) is 37.0. The van der Waals surface area contributed by atoms with Crippen LogP contribution in [0, 0.1) is 34.8 Å². The van der Waals surface area contributed by atoms with Crippen LogP contribution in [0.5, 0.6) is 0 Å². The number of nitrogens with zero attached hydrogens (tertiary/aromatic N) is 3. The number of amides is 1. The highest BCUT2D eigenvalue weighted by Gasteiger charge is 2.54.